The third-order valence-electron chi connectivity index (χ3n) is 5.17. The van der Waals surface area contributed by atoms with Crippen LogP contribution in [0.3, 0.4) is 0 Å². The number of carbonyl (C=O) groups is 1. The maximum absolute atomic E-state index is 13.3. The van der Waals surface area contributed by atoms with Gasteiger partial charge in [0.05, 0.1) is 0 Å². The molecule has 0 saturated heterocycles. The van der Waals surface area contributed by atoms with Gasteiger partial charge in [0, 0.05) is 17.8 Å². The van der Waals surface area contributed by atoms with Crippen molar-refractivity contribution in [2.75, 3.05) is 11.7 Å². The van der Waals surface area contributed by atoms with Crippen LogP contribution >= 0.6 is 0 Å². The number of rotatable bonds is 4. The first kappa shape index (κ1) is 17.6. The first-order chi connectivity index (χ1) is 13.2. The Kier molecular flexibility index (Phi) is 5.10. The van der Waals surface area contributed by atoms with Gasteiger partial charge in [-0.1, -0.05) is 31.4 Å². The first-order valence-corrected chi connectivity index (χ1v) is 9.55. The summed E-state index contributed by atoms with van der Waals surface area (Å²) in [5.74, 6) is 2.21. The van der Waals surface area contributed by atoms with E-state index in [1.807, 2.05) is 54.3 Å². The summed E-state index contributed by atoms with van der Waals surface area (Å²) in [6, 6.07) is 11.7. The van der Waals surface area contributed by atoms with Gasteiger partial charge in [0.25, 0.3) is 5.91 Å². The van der Waals surface area contributed by atoms with E-state index in [9.17, 15) is 4.79 Å². The first-order valence-electron chi connectivity index (χ1n) is 9.55. The molecule has 1 aliphatic heterocycles. The van der Waals surface area contributed by atoms with Crippen LogP contribution in [-0.2, 0) is 4.79 Å². The number of nitrogens with zero attached hydrogens (tertiary/aromatic N) is 2. The summed E-state index contributed by atoms with van der Waals surface area (Å²) in [4.78, 5) is 19.7. The molecular formula is C22H24N2O3. The van der Waals surface area contributed by atoms with E-state index in [2.05, 4.69) is 4.98 Å². The number of hydrogen-bond acceptors (Lipinski definition) is 4. The summed E-state index contributed by atoms with van der Waals surface area (Å²) in [5.41, 5.74) is 1.61. The van der Waals surface area contributed by atoms with Gasteiger partial charge in [-0.05, 0) is 55.7 Å². The summed E-state index contributed by atoms with van der Waals surface area (Å²) in [6.45, 7) is 2.11. The lowest BCUT2D eigenvalue weighted by Crippen LogP contribution is -2.42. The molecule has 0 bridgehead atoms. The average molecular weight is 364 g/mol. The number of benzene rings is 1. The maximum atomic E-state index is 13.3. The van der Waals surface area contributed by atoms with Crippen LogP contribution in [0.2, 0.25) is 0 Å². The van der Waals surface area contributed by atoms with Crippen LogP contribution in [0.1, 0.15) is 44.6 Å². The fraction of sp³-hybridized carbons (Fsp3) is 0.364. The van der Waals surface area contributed by atoms with Gasteiger partial charge in [0.2, 0.25) is 6.79 Å². The average Bonchev–Trinajstić information content (AvgIpc) is 3.17. The molecule has 1 saturated carbocycles. The molecule has 1 aromatic heterocycles. The van der Waals surface area contributed by atoms with Crippen molar-refractivity contribution in [3.8, 4) is 11.5 Å². The number of anilines is 1. The Labute approximate surface area is 159 Å². The lowest BCUT2D eigenvalue weighted by Gasteiger charge is -2.33. The normalized spacial score (nSPS) is 17.0. The van der Waals surface area contributed by atoms with E-state index in [1.165, 1.54) is 6.42 Å². The van der Waals surface area contributed by atoms with Crippen LogP contribution in [0.15, 0.2) is 48.2 Å². The molecule has 2 heterocycles. The van der Waals surface area contributed by atoms with Crippen molar-refractivity contribution in [3.63, 3.8) is 0 Å². The van der Waals surface area contributed by atoms with Crippen molar-refractivity contribution >= 4 is 17.8 Å². The summed E-state index contributed by atoms with van der Waals surface area (Å²) in [5, 5.41) is 0. The van der Waals surface area contributed by atoms with Crippen molar-refractivity contribution in [1.82, 2.24) is 4.98 Å². The highest BCUT2D eigenvalue weighted by Crippen LogP contribution is 2.33. The third kappa shape index (κ3) is 3.82. The molecule has 1 aromatic carbocycles. The second-order valence-corrected chi connectivity index (χ2v) is 7.09. The minimum atomic E-state index is 0.0123. The quantitative estimate of drug-likeness (QED) is 0.745. The molecule has 1 fully saturated rings. The van der Waals surface area contributed by atoms with Crippen LogP contribution < -0.4 is 14.4 Å². The van der Waals surface area contributed by atoms with Crippen molar-refractivity contribution in [2.45, 2.75) is 45.1 Å². The molecular weight excluding hydrogens is 340 g/mol. The predicted octanol–water partition coefficient (Wildman–Crippen LogP) is 4.58. The highest BCUT2D eigenvalue weighted by atomic mass is 16.7. The van der Waals surface area contributed by atoms with Gasteiger partial charge in [0.1, 0.15) is 5.82 Å². The zero-order valence-electron chi connectivity index (χ0n) is 15.6. The predicted molar refractivity (Wildman–Crippen MR) is 105 cm³/mol. The van der Waals surface area contributed by atoms with Gasteiger partial charge < -0.3 is 9.47 Å². The molecule has 0 spiro atoms. The number of amides is 1. The minimum absolute atomic E-state index is 0.0123. The van der Waals surface area contributed by atoms with E-state index >= 15 is 0 Å². The van der Waals surface area contributed by atoms with Crippen molar-refractivity contribution in [3.05, 3.63) is 53.7 Å². The van der Waals surface area contributed by atoms with Gasteiger partial charge in [0.15, 0.2) is 11.5 Å². The number of carbonyl (C=O) groups excluding carboxylic acids is 1. The van der Waals surface area contributed by atoms with Gasteiger partial charge in [-0.3, -0.25) is 9.69 Å². The third-order valence-corrected chi connectivity index (χ3v) is 5.17. The Bertz CT molecular complexity index is 842. The number of hydrogen-bond donors (Lipinski definition) is 0. The summed E-state index contributed by atoms with van der Waals surface area (Å²) < 4.78 is 10.8. The largest absolute Gasteiger partial charge is 0.454 e. The van der Waals surface area contributed by atoms with E-state index in [4.69, 9.17) is 9.47 Å². The topological polar surface area (TPSA) is 51.7 Å². The van der Waals surface area contributed by atoms with Crippen molar-refractivity contribution < 1.29 is 14.3 Å². The van der Waals surface area contributed by atoms with Crippen LogP contribution in [0.4, 0.5) is 5.82 Å². The molecule has 1 amide bonds. The Morgan fingerprint density at radius 1 is 1.11 bits per heavy atom. The highest BCUT2D eigenvalue weighted by Gasteiger charge is 2.28. The zero-order valence-corrected chi connectivity index (χ0v) is 15.6. The molecule has 2 aliphatic rings. The van der Waals surface area contributed by atoms with Crippen LogP contribution in [0.25, 0.3) is 6.08 Å². The van der Waals surface area contributed by atoms with Gasteiger partial charge in [-0.25, -0.2) is 4.98 Å². The van der Waals surface area contributed by atoms with Crippen LogP contribution in [0.5, 0.6) is 11.5 Å². The fourth-order valence-electron chi connectivity index (χ4n) is 3.80. The lowest BCUT2D eigenvalue weighted by molar-refractivity contribution is -0.115. The maximum Gasteiger partial charge on any atom is 0.255 e. The van der Waals surface area contributed by atoms with E-state index in [1.54, 1.807) is 6.20 Å². The van der Waals surface area contributed by atoms with E-state index in [0.29, 0.717) is 5.57 Å². The second kappa shape index (κ2) is 7.82. The smallest absolute Gasteiger partial charge is 0.255 e. The Balaban J connectivity index is 1.62. The zero-order chi connectivity index (χ0) is 18.6. The molecule has 0 N–H and O–H groups in total. The number of pyridine rings is 1. The molecule has 4 rings (SSSR count). The summed E-state index contributed by atoms with van der Waals surface area (Å²) in [7, 11) is 0. The number of fused-ring (bicyclic) bond motifs is 1. The van der Waals surface area contributed by atoms with Gasteiger partial charge >= 0.3 is 0 Å². The number of aromatic nitrogens is 1. The standard InChI is InChI=1S/C22H24N2O3/c1-16(13-17-10-11-19-20(14-17)27-15-26-19)22(25)24(18-7-3-2-4-8-18)21-9-5-6-12-23-21/h5-6,9-14,18H,2-4,7-8,15H2,1H3. The molecule has 1 aliphatic carbocycles. The Hall–Kier alpha value is -2.82. The Morgan fingerprint density at radius 3 is 2.70 bits per heavy atom. The van der Waals surface area contributed by atoms with Crippen LogP contribution in [0, 0.1) is 0 Å². The monoisotopic (exact) mass is 364 g/mol. The molecule has 0 radical (unpaired) electrons. The van der Waals surface area contributed by atoms with Crippen LogP contribution in [-0.4, -0.2) is 23.7 Å². The summed E-state index contributed by atoms with van der Waals surface area (Å²) in [6.07, 6.45) is 9.27. The molecule has 27 heavy (non-hydrogen) atoms. The summed E-state index contributed by atoms with van der Waals surface area (Å²) >= 11 is 0. The van der Waals surface area contributed by atoms with Gasteiger partial charge in [-0.2, -0.15) is 0 Å². The molecule has 0 unspecified atom stereocenters. The highest BCUT2D eigenvalue weighted by molar-refractivity contribution is 6.07. The Morgan fingerprint density at radius 2 is 1.93 bits per heavy atom. The minimum Gasteiger partial charge on any atom is -0.454 e. The van der Waals surface area contributed by atoms with E-state index in [-0.39, 0.29) is 18.7 Å². The fourth-order valence-corrected chi connectivity index (χ4v) is 3.80. The lowest BCUT2D eigenvalue weighted by atomic mass is 9.93. The second-order valence-electron chi connectivity index (χ2n) is 7.09. The molecule has 5 heteroatoms. The van der Waals surface area contributed by atoms with Crippen molar-refractivity contribution in [2.24, 2.45) is 0 Å². The van der Waals surface area contributed by atoms with Gasteiger partial charge in [-0.15, -0.1) is 0 Å². The SMILES string of the molecule is CC(=Cc1ccc2c(c1)OCO2)C(=O)N(c1ccccn1)C1CCCCC1. The number of ether oxygens (including phenoxy) is 2. The molecule has 2 aromatic rings. The van der Waals surface area contributed by atoms with E-state index < -0.39 is 0 Å². The van der Waals surface area contributed by atoms with E-state index in [0.717, 1.165) is 48.6 Å². The molecule has 0 atom stereocenters. The molecule has 5 nitrogen and oxygen atoms in total. The molecule has 140 valence electrons. The van der Waals surface area contributed by atoms with Crippen molar-refractivity contribution in [1.29, 1.82) is 0 Å².